The summed E-state index contributed by atoms with van der Waals surface area (Å²) in [6.07, 6.45) is 1.21. The number of nitrogens with zero attached hydrogens (tertiary/aromatic N) is 2. The maximum Gasteiger partial charge on any atom is 0.328 e. The highest BCUT2D eigenvalue weighted by molar-refractivity contribution is 7.19. The number of hydrogen-bond donors (Lipinski definition) is 1. The van der Waals surface area contributed by atoms with E-state index in [1.807, 2.05) is 24.3 Å². The summed E-state index contributed by atoms with van der Waals surface area (Å²) < 4.78 is 2.02. The number of nitrogens with one attached hydrogen (secondary N) is 1. The number of carbonyl (C=O) groups excluding carboxylic acids is 1. The second-order valence-corrected chi connectivity index (χ2v) is 7.26. The van der Waals surface area contributed by atoms with Crippen LogP contribution < -0.4 is 11.2 Å². The number of carbonyl (C=O) groups is 1. The largest absolute Gasteiger partial charge is 0.340 e. The summed E-state index contributed by atoms with van der Waals surface area (Å²) in [6.45, 7) is 0.362. The van der Waals surface area contributed by atoms with Crippen molar-refractivity contribution in [1.82, 2.24) is 14.5 Å². The first-order chi connectivity index (χ1) is 11.9. The van der Waals surface area contributed by atoms with E-state index in [-0.39, 0.29) is 17.9 Å². The maximum absolute atomic E-state index is 12.4. The molecule has 1 aromatic carbocycles. The Morgan fingerprint density at radius 1 is 1.32 bits per heavy atom. The zero-order valence-corrected chi connectivity index (χ0v) is 15.3. The third-order valence-electron chi connectivity index (χ3n) is 4.00. The fraction of sp³-hybridized carbons (Fsp3) is 0.235. The van der Waals surface area contributed by atoms with Gasteiger partial charge in [0.2, 0.25) is 5.91 Å². The van der Waals surface area contributed by atoms with Crippen LogP contribution in [-0.4, -0.2) is 27.4 Å². The maximum atomic E-state index is 12.4. The molecule has 0 fully saturated rings. The minimum absolute atomic E-state index is 0.0809. The van der Waals surface area contributed by atoms with E-state index in [1.165, 1.54) is 18.1 Å². The lowest BCUT2D eigenvalue weighted by atomic mass is 10.2. The Labute approximate surface area is 152 Å². The van der Waals surface area contributed by atoms with Gasteiger partial charge in [0.15, 0.2) is 0 Å². The molecule has 1 N–H and O–H groups in total. The van der Waals surface area contributed by atoms with Crippen LogP contribution in [0.2, 0.25) is 5.02 Å². The number of H-pyrrole nitrogens is 1. The molecule has 1 amide bonds. The molecule has 0 radical (unpaired) electrons. The third-order valence-corrected chi connectivity index (χ3v) is 5.70. The molecule has 3 aromatic rings. The number of halogens is 1. The van der Waals surface area contributed by atoms with Gasteiger partial charge in [0.25, 0.3) is 5.56 Å². The topological polar surface area (TPSA) is 75.2 Å². The molecule has 130 valence electrons. The Hall–Kier alpha value is -2.38. The minimum Gasteiger partial charge on any atom is -0.340 e. The predicted molar refractivity (Wildman–Crippen MR) is 99.3 cm³/mol. The molecule has 0 unspecified atom stereocenters. The van der Waals surface area contributed by atoms with Crippen LogP contribution in [0.3, 0.4) is 0 Å². The molecule has 0 bridgehead atoms. The Balaban J connectivity index is 1.79. The summed E-state index contributed by atoms with van der Waals surface area (Å²) in [5, 5.41) is 1.62. The second kappa shape index (κ2) is 6.85. The number of aromatic amines is 1. The van der Waals surface area contributed by atoms with Crippen LogP contribution in [0.5, 0.6) is 0 Å². The van der Waals surface area contributed by atoms with E-state index in [2.05, 4.69) is 4.98 Å². The summed E-state index contributed by atoms with van der Waals surface area (Å²) in [5.41, 5.74) is -0.724. The van der Waals surface area contributed by atoms with Crippen LogP contribution in [0, 0.1) is 0 Å². The molecule has 0 saturated heterocycles. The van der Waals surface area contributed by atoms with Gasteiger partial charge in [0, 0.05) is 40.8 Å². The first-order valence-electron chi connectivity index (χ1n) is 7.56. The molecule has 8 heteroatoms. The molecular formula is C17H16ClN3O3S. The first-order valence-corrected chi connectivity index (χ1v) is 8.75. The van der Waals surface area contributed by atoms with Crippen molar-refractivity contribution in [2.75, 3.05) is 7.05 Å². The molecule has 0 spiro atoms. The number of benzene rings is 1. The molecule has 0 saturated carbocycles. The number of fused-ring (bicyclic) bond motifs is 1. The zero-order chi connectivity index (χ0) is 18.1. The number of aromatic nitrogens is 2. The Kier molecular flexibility index (Phi) is 4.78. The molecule has 0 atom stereocenters. The average molecular weight is 378 g/mol. The highest BCUT2D eigenvalue weighted by atomic mass is 35.5. The van der Waals surface area contributed by atoms with Gasteiger partial charge in [-0.05, 0) is 6.07 Å². The van der Waals surface area contributed by atoms with E-state index >= 15 is 0 Å². The number of amides is 1. The van der Waals surface area contributed by atoms with Crippen molar-refractivity contribution in [2.24, 2.45) is 7.05 Å². The van der Waals surface area contributed by atoms with Gasteiger partial charge in [0.1, 0.15) is 0 Å². The van der Waals surface area contributed by atoms with Gasteiger partial charge in [-0.3, -0.25) is 14.2 Å². The van der Waals surface area contributed by atoms with Crippen molar-refractivity contribution in [3.63, 3.8) is 0 Å². The van der Waals surface area contributed by atoms with Crippen molar-refractivity contribution < 1.29 is 4.79 Å². The highest BCUT2D eigenvalue weighted by Gasteiger charge is 2.17. The molecule has 25 heavy (non-hydrogen) atoms. The van der Waals surface area contributed by atoms with E-state index in [1.54, 1.807) is 18.4 Å². The van der Waals surface area contributed by atoms with Crippen LogP contribution in [0.1, 0.15) is 10.4 Å². The van der Waals surface area contributed by atoms with Gasteiger partial charge in [0.05, 0.1) is 18.0 Å². The molecule has 0 aliphatic heterocycles. The number of likely N-dealkylation sites (N-methyl/N-ethyl adjacent to an activating group) is 1. The van der Waals surface area contributed by atoms with Crippen molar-refractivity contribution in [3.05, 3.63) is 66.8 Å². The molecule has 6 nitrogen and oxygen atoms in total. The molecule has 3 rings (SSSR count). The second-order valence-electron chi connectivity index (χ2n) is 5.75. The van der Waals surface area contributed by atoms with Gasteiger partial charge in [-0.1, -0.05) is 29.8 Å². The number of hydrogen-bond acceptors (Lipinski definition) is 4. The summed E-state index contributed by atoms with van der Waals surface area (Å²) >= 11 is 7.95. The standard InChI is InChI=1S/C17H16ClN3O3S/c1-20(9-13-15(18)11-5-3-4-6-12(11)25-13)14(22)7-10-8-19-17(24)21(2)16(10)23/h3-6,8H,7,9H2,1-2H3,(H,19,24). The SMILES string of the molecule is CN(Cc1sc2ccccc2c1Cl)C(=O)Cc1c[nH]c(=O)n(C)c1=O. The van der Waals surface area contributed by atoms with E-state index in [0.29, 0.717) is 11.6 Å². The van der Waals surface area contributed by atoms with Gasteiger partial charge < -0.3 is 9.88 Å². The molecule has 2 heterocycles. The fourth-order valence-electron chi connectivity index (χ4n) is 2.51. The molecule has 0 aliphatic rings. The average Bonchev–Trinajstić information content (AvgIpc) is 2.91. The van der Waals surface area contributed by atoms with Gasteiger partial charge >= 0.3 is 5.69 Å². The quantitative estimate of drug-likeness (QED) is 0.756. The van der Waals surface area contributed by atoms with Crippen molar-refractivity contribution in [2.45, 2.75) is 13.0 Å². The number of rotatable bonds is 4. The van der Waals surface area contributed by atoms with Crippen molar-refractivity contribution >= 4 is 38.9 Å². The molecule has 2 aromatic heterocycles. The lowest BCUT2D eigenvalue weighted by Gasteiger charge is -2.16. The first kappa shape index (κ1) is 17.4. The monoisotopic (exact) mass is 377 g/mol. The predicted octanol–water partition coefficient (Wildman–Crippen LogP) is 2.14. The fourth-order valence-corrected chi connectivity index (χ4v) is 4.06. The zero-order valence-electron chi connectivity index (χ0n) is 13.7. The normalized spacial score (nSPS) is 11.0. The van der Waals surface area contributed by atoms with E-state index < -0.39 is 11.2 Å². The Bertz CT molecular complexity index is 1070. The third kappa shape index (κ3) is 3.38. The Morgan fingerprint density at radius 2 is 2.04 bits per heavy atom. The van der Waals surface area contributed by atoms with Crippen molar-refractivity contribution in [1.29, 1.82) is 0 Å². The van der Waals surface area contributed by atoms with Crippen LogP contribution in [-0.2, 0) is 24.8 Å². The van der Waals surface area contributed by atoms with Crippen molar-refractivity contribution in [3.8, 4) is 0 Å². The number of thiophene rings is 1. The summed E-state index contributed by atoms with van der Waals surface area (Å²) in [6, 6.07) is 7.80. The highest BCUT2D eigenvalue weighted by Crippen LogP contribution is 2.35. The summed E-state index contributed by atoms with van der Waals surface area (Å²) in [5.74, 6) is -0.224. The molecule has 0 aliphatic carbocycles. The van der Waals surface area contributed by atoms with E-state index in [0.717, 1.165) is 19.5 Å². The van der Waals surface area contributed by atoms with E-state index in [4.69, 9.17) is 11.6 Å². The summed E-state index contributed by atoms with van der Waals surface area (Å²) in [7, 11) is 3.04. The minimum atomic E-state index is -0.508. The lowest BCUT2D eigenvalue weighted by molar-refractivity contribution is -0.129. The van der Waals surface area contributed by atoms with Crippen LogP contribution in [0.15, 0.2) is 40.1 Å². The van der Waals surface area contributed by atoms with Gasteiger partial charge in [-0.25, -0.2) is 4.79 Å². The Morgan fingerprint density at radius 3 is 2.76 bits per heavy atom. The van der Waals surface area contributed by atoms with Crippen LogP contribution >= 0.6 is 22.9 Å². The molecular weight excluding hydrogens is 362 g/mol. The van der Waals surface area contributed by atoms with Crippen LogP contribution in [0.25, 0.3) is 10.1 Å². The van der Waals surface area contributed by atoms with E-state index in [9.17, 15) is 14.4 Å². The smallest absolute Gasteiger partial charge is 0.328 e. The summed E-state index contributed by atoms with van der Waals surface area (Å²) in [4.78, 5) is 40.7. The van der Waals surface area contributed by atoms with Gasteiger partial charge in [-0.2, -0.15) is 0 Å². The van der Waals surface area contributed by atoms with Crippen LogP contribution in [0.4, 0.5) is 0 Å². The van der Waals surface area contributed by atoms with Gasteiger partial charge in [-0.15, -0.1) is 11.3 Å². The lowest BCUT2D eigenvalue weighted by Crippen LogP contribution is -2.36.